The van der Waals surface area contributed by atoms with E-state index in [1.54, 1.807) is 0 Å². The highest BCUT2D eigenvalue weighted by Gasteiger charge is 2.21. The molecule has 2 nitrogen and oxygen atoms in total. The fourth-order valence-corrected chi connectivity index (χ4v) is 2.88. The summed E-state index contributed by atoms with van der Waals surface area (Å²) >= 11 is 0. The van der Waals surface area contributed by atoms with E-state index in [4.69, 9.17) is 4.74 Å². The standard InChI is InChI=1S/C18H18O2/c1-11-5-4-6-12(2)17(11)18(19)14-7-8-16-15(10-14)9-13(3)20-16/h4-8,10,13H,9H2,1-3H3. The molecule has 20 heavy (non-hydrogen) atoms. The lowest BCUT2D eigenvalue weighted by atomic mass is 9.93. The number of hydrogen-bond acceptors (Lipinski definition) is 2. The van der Waals surface area contributed by atoms with Crippen LogP contribution in [0, 0.1) is 13.8 Å². The number of aryl methyl sites for hydroxylation is 2. The highest BCUT2D eigenvalue weighted by Crippen LogP contribution is 2.30. The Morgan fingerprint density at radius 3 is 2.55 bits per heavy atom. The number of ketones is 1. The normalized spacial score (nSPS) is 16.6. The van der Waals surface area contributed by atoms with Crippen LogP contribution in [0.1, 0.15) is 39.5 Å². The minimum Gasteiger partial charge on any atom is -0.490 e. The Hall–Kier alpha value is -2.09. The van der Waals surface area contributed by atoms with Crippen LogP contribution in [0.15, 0.2) is 36.4 Å². The van der Waals surface area contributed by atoms with Gasteiger partial charge in [0, 0.05) is 17.5 Å². The predicted molar refractivity (Wildman–Crippen MR) is 79.6 cm³/mol. The second kappa shape index (κ2) is 4.78. The molecule has 2 aromatic rings. The number of carbonyl (C=O) groups is 1. The summed E-state index contributed by atoms with van der Waals surface area (Å²) in [7, 11) is 0. The van der Waals surface area contributed by atoms with Gasteiger partial charge in [0.25, 0.3) is 0 Å². The number of rotatable bonds is 2. The molecule has 1 aliphatic rings. The van der Waals surface area contributed by atoms with E-state index in [1.165, 1.54) is 0 Å². The Balaban J connectivity index is 2.02. The fourth-order valence-electron chi connectivity index (χ4n) is 2.88. The molecule has 2 aromatic carbocycles. The summed E-state index contributed by atoms with van der Waals surface area (Å²) < 4.78 is 5.68. The summed E-state index contributed by atoms with van der Waals surface area (Å²) in [4.78, 5) is 12.7. The van der Waals surface area contributed by atoms with Crippen molar-refractivity contribution < 1.29 is 9.53 Å². The van der Waals surface area contributed by atoms with Gasteiger partial charge in [-0.1, -0.05) is 18.2 Å². The van der Waals surface area contributed by atoms with Crippen LogP contribution in [-0.4, -0.2) is 11.9 Å². The van der Waals surface area contributed by atoms with Crippen molar-refractivity contribution >= 4 is 5.78 Å². The molecule has 0 radical (unpaired) electrons. The van der Waals surface area contributed by atoms with E-state index in [2.05, 4.69) is 0 Å². The molecule has 0 saturated heterocycles. The van der Waals surface area contributed by atoms with E-state index in [-0.39, 0.29) is 11.9 Å². The molecule has 1 unspecified atom stereocenters. The monoisotopic (exact) mass is 266 g/mol. The van der Waals surface area contributed by atoms with Crippen LogP contribution in [0.4, 0.5) is 0 Å². The zero-order valence-corrected chi connectivity index (χ0v) is 12.1. The predicted octanol–water partition coefficient (Wildman–Crippen LogP) is 3.86. The van der Waals surface area contributed by atoms with Crippen molar-refractivity contribution in [3.05, 3.63) is 64.2 Å². The van der Waals surface area contributed by atoms with Crippen molar-refractivity contribution in [1.29, 1.82) is 0 Å². The lowest BCUT2D eigenvalue weighted by Gasteiger charge is -2.09. The SMILES string of the molecule is Cc1cccc(C)c1C(=O)c1ccc2c(c1)CC(C)O2. The largest absolute Gasteiger partial charge is 0.490 e. The Bertz CT molecular complexity index is 666. The molecule has 0 N–H and O–H groups in total. The maximum atomic E-state index is 12.7. The number of carbonyl (C=O) groups excluding carboxylic acids is 1. The Morgan fingerprint density at radius 1 is 1.15 bits per heavy atom. The lowest BCUT2D eigenvalue weighted by Crippen LogP contribution is -2.06. The Morgan fingerprint density at radius 2 is 1.85 bits per heavy atom. The van der Waals surface area contributed by atoms with Gasteiger partial charge in [-0.2, -0.15) is 0 Å². The van der Waals surface area contributed by atoms with Crippen molar-refractivity contribution in [3.8, 4) is 5.75 Å². The number of benzene rings is 2. The molecule has 2 heteroatoms. The molecule has 102 valence electrons. The van der Waals surface area contributed by atoms with E-state index >= 15 is 0 Å². The fraction of sp³-hybridized carbons (Fsp3) is 0.278. The van der Waals surface area contributed by atoms with E-state index in [9.17, 15) is 4.79 Å². The molecule has 0 amide bonds. The van der Waals surface area contributed by atoms with E-state index in [1.807, 2.05) is 57.2 Å². The van der Waals surface area contributed by atoms with E-state index < -0.39 is 0 Å². The van der Waals surface area contributed by atoms with Gasteiger partial charge in [0.1, 0.15) is 11.9 Å². The summed E-state index contributed by atoms with van der Waals surface area (Å²) in [6.45, 7) is 6.02. The lowest BCUT2D eigenvalue weighted by molar-refractivity contribution is 0.103. The summed E-state index contributed by atoms with van der Waals surface area (Å²) in [5.41, 5.74) is 4.76. The van der Waals surface area contributed by atoms with Crippen LogP contribution in [0.2, 0.25) is 0 Å². The van der Waals surface area contributed by atoms with Gasteiger partial charge in [-0.25, -0.2) is 0 Å². The van der Waals surface area contributed by atoms with Gasteiger partial charge in [-0.05, 0) is 55.7 Å². The molecule has 3 rings (SSSR count). The third-order valence-corrected chi connectivity index (χ3v) is 3.87. The number of ether oxygens (including phenoxy) is 1. The van der Waals surface area contributed by atoms with Gasteiger partial charge in [0.15, 0.2) is 5.78 Å². The number of fused-ring (bicyclic) bond motifs is 1. The van der Waals surface area contributed by atoms with Gasteiger partial charge < -0.3 is 4.74 Å². The van der Waals surface area contributed by atoms with Gasteiger partial charge in [0.2, 0.25) is 0 Å². The molecule has 0 saturated carbocycles. The second-order valence-electron chi connectivity index (χ2n) is 5.55. The molecule has 1 atom stereocenters. The van der Waals surface area contributed by atoms with Crippen molar-refractivity contribution in [2.75, 3.05) is 0 Å². The smallest absolute Gasteiger partial charge is 0.193 e. The summed E-state index contributed by atoms with van der Waals surface area (Å²) in [5.74, 6) is 1.01. The topological polar surface area (TPSA) is 26.3 Å². The third-order valence-electron chi connectivity index (χ3n) is 3.87. The first-order valence-corrected chi connectivity index (χ1v) is 6.97. The maximum absolute atomic E-state index is 12.7. The Labute approximate surface area is 119 Å². The molecular formula is C18H18O2. The minimum absolute atomic E-state index is 0.1000. The van der Waals surface area contributed by atoms with Gasteiger partial charge in [-0.3, -0.25) is 4.79 Å². The second-order valence-corrected chi connectivity index (χ2v) is 5.55. The first kappa shape index (κ1) is 12.9. The quantitative estimate of drug-likeness (QED) is 0.772. The average Bonchev–Trinajstić information content (AvgIpc) is 2.77. The highest BCUT2D eigenvalue weighted by atomic mass is 16.5. The number of hydrogen-bond donors (Lipinski definition) is 0. The third kappa shape index (κ3) is 2.11. The molecular weight excluding hydrogens is 248 g/mol. The van der Waals surface area contributed by atoms with Gasteiger partial charge in [-0.15, -0.1) is 0 Å². The Kier molecular flexibility index (Phi) is 3.09. The molecule has 1 aliphatic heterocycles. The molecule has 0 spiro atoms. The van der Waals surface area contributed by atoms with Crippen LogP contribution in [0.25, 0.3) is 0 Å². The van der Waals surface area contributed by atoms with Crippen molar-refractivity contribution in [2.45, 2.75) is 33.3 Å². The van der Waals surface area contributed by atoms with Gasteiger partial charge in [0.05, 0.1) is 0 Å². The van der Waals surface area contributed by atoms with Crippen LogP contribution in [0.3, 0.4) is 0 Å². The molecule has 0 bridgehead atoms. The average molecular weight is 266 g/mol. The van der Waals surface area contributed by atoms with Gasteiger partial charge >= 0.3 is 0 Å². The zero-order chi connectivity index (χ0) is 14.3. The first-order chi connectivity index (χ1) is 9.56. The molecule has 0 fully saturated rings. The van der Waals surface area contributed by atoms with Crippen molar-refractivity contribution in [2.24, 2.45) is 0 Å². The summed E-state index contributed by atoms with van der Waals surface area (Å²) in [6, 6.07) is 11.7. The summed E-state index contributed by atoms with van der Waals surface area (Å²) in [6.07, 6.45) is 1.08. The molecule has 0 aliphatic carbocycles. The van der Waals surface area contributed by atoms with Crippen LogP contribution >= 0.6 is 0 Å². The van der Waals surface area contributed by atoms with E-state index in [0.29, 0.717) is 0 Å². The maximum Gasteiger partial charge on any atom is 0.193 e. The van der Waals surface area contributed by atoms with Crippen molar-refractivity contribution in [1.82, 2.24) is 0 Å². The minimum atomic E-state index is 0.1000. The van der Waals surface area contributed by atoms with Crippen LogP contribution < -0.4 is 4.74 Å². The van der Waals surface area contributed by atoms with Crippen molar-refractivity contribution in [3.63, 3.8) is 0 Å². The highest BCUT2D eigenvalue weighted by molar-refractivity contribution is 6.11. The van der Waals surface area contributed by atoms with Crippen LogP contribution in [-0.2, 0) is 6.42 Å². The summed E-state index contributed by atoms with van der Waals surface area (Å²) in [5, 5.41) is 0. The van der Waals surface area contributed by atoms with Crippen LogP contribution in [0.5, 0.6) is 5.75 Å². The molecule has 1 heterocycles. The zero-order valence-electron chi connectivity index (χ0n) is 12.1. The van der Waals surface area contributed by atoms with E-state index in [0.717, 1.165) is 40.0 Å². The first-order valence-electron chi connectivity index (χ1n) is 6.97. The molecule has 0 aromatic heterocycles.